The zero-order valence-corrected chi connectivity index (χ0v) is 14.1. The molecule has 2 N–H and O–H groups in total. The molecule has 0 spiro atoms. The average molecular weight is 332 g/mol. The van der Waals surface area contributed by atoms with Crippen molar-refractivity contribution in [1.29, 1.82) is 0 Å². The Morgan fingerprint density at radius 2 is 1.56 bits per heavy atom. The van der Waals surface area contributed by atoms with E-state index in [1.165, 1.54) is 0 Å². The Morgan fingerprint density at radius 1 is 0.840 bits per heavy atom. The van der Waals surface area contributed by atoms with Gasteiger partial charge in [-0.1, -0.05) is 54.6 Å². The van der Waals surface area contributed by atoms with E-state index >= 15 is 0 Å². The summed E-state index contributed by atoms with van der Waals surface area (Å²) < 4.78 is 0. The lowest BCUT2D eigenvalue weighted by Gasteiger charge is -2.09. The fourth-order valence-corrected chi connectivity index (χ4v) is 2.66. The molecule has 0 radical (unpaired) electrons. The van der Waals surface area contributed by atoms with Gasteiger partial charge in [-0.3, -0.25) is 9.59 Å². The predicted molar refractivity (Wildman–Crippen MR) is 99.3 cm³/mol. The minimum atomic E-state index is -0.253. The molecule has 0 saturated carbocycles. The second-order valence-electron chi connectivity index (χ2n) is 5.95. The van der Waals surface area contributed by atoms with Crippen molar-refractivity contribution in [3.63, 3.8) is 0 Å². The van der Waals surface area contributed by atoms with Gasteiger partial charge in [0.25, 0.3) is 5.91 Å². The summed E-state index contributed by atoms with van der Waals surface area (Å²) in [6.07, 6.45) is 0. The number of carbonyl (C=O) groups excluding carboxylic acids is 2. The fourth-order valence-electron chi connectivity index (χ4n) is 2.66. The Bertz CT molecular complexity index is 918. The Kier molecular flexibility index (Phi) is 5.09. The van der Waals surface area contributed by atoms with Crippen molar-refractivity contribution in [3.05, 3.63) is 83.4 Å². The number of rotatable bonds is 5. The standard InChI is InChI=1S/C21H20N2O2/c1-15-6-2-3-9-19(15)13-22-20(24)14-23-21(25)18-11-10-16-7-4-5-8-17(16)12-18/h2-12H,13-14H2,1H3,(H,22,24)(H,23,25). The van der Waals surface area contributed by atoms with Gasteiger partial charge in [0.05, 0.1) is 6.54 Å². The summed E-state index contributed by atoms with van der Waals surface area (Å²) in [7, 11) is 0. The fraction of sp³-hybridized carbons (Fsp3) is 0.143. The topological polar surface area (TPSA) is 58.2 Å². The van der Waals surface area contributed by atoms with Gasteiger partial charge in [0.1, 0.15) is 0 Å². The van der Waals surface area contributed by atoms with E-state index in [2.05, 4.69) is 10.6 Å². The van der Waals surface area contributed by atoms with Crippen LogP contribution >= 0.6 is 0 Å². The van der Waals surface area contributed by atoms with Crippen LogP contribution in [0.1, 0.15) is 21.5 Å². The second kappa shape index (κ2) is 7.62. The molecule has 0 saturated heterocycles. The summed E-state index contributed by atoms with van der Waals surface area (Å²) >= 11 is 0. The first kappa shape index (κ1) is 16.7. The van der Waals surface area contributed by atoms with Gasteiger partial charge < -0.3 is 10.6 Å². The van der Waals surface area contributed by atoms with Gasteiger partial charge >= 0.3 is 0 Å². The van der Waals surface area contributed by atoms with E-state index in [0.29, 0.717) is 12.1 Å². The highest BCUT2D eigenvalue weighted by atomic mass is 16.2. The first-order chi connectivity index (χ1) is 12.1. The Hall–Kier alpha value is -3.14. The van der Waals surface area contributed by atoms with E-state index in [4.69, 9.17) is 0 Å². The van der Waals surface area contributed by atoms with Crippen LogP contribution in [0.4, 0.5) is 0 Å². The number of fused-ring (bicyclic) bond motifs is 1. The smallest absolute Gasteiger partial charge is 0.251 e. The second-order valence-corrected chi connectivity index (χ2v) is 5.95. The first-order valence-corrected chi connectivity index (χ1v) is 8.22. The van der Waals surface area contributed by atoms with Crippen molar-refractivity contribution in [2.45, 2.75) is 13.5 Å². The monoisotopic (exact) mass is 332 g/mol. The van der Waals surface area contributed by atoms with E-state index < -0.39 is 0 Å². The third-order valence-corrected chi connectivity index (χ3v) is 4.16. The number of aryl methyl sites for hydroxylation is 1. The Morgan fingerprint density at radius 3 is 2.36 bits per heavy atom. The zero-order chi connectivity index (χ0) is 17.6. The van der Waals surface area contributed by atoms with Crippen LogP contribution < -0.4 is 10.6 Å². The highest BCUT2D eigenvalue weighted by molar-refractivity contribution is 5.99. The molecule has 3 aromatic carbocycles. The van der Waals surface area contributed by atoms with Crippen LogP contribution in [-0.4, -0.2) is 18.4 Å². The molecule has 25 heavy (non-hydrogen) atoms. The van der Waals surface area contributed by atoms with Gasteiger partial charge in [-0.2, -0.15) is 0 Å². The van der Waals surface area contributed by atoms with Gasteiger partial charge in [-0.25, -0.2) is 0 Å². The van der Waals surface area contributed by atoms with Crippen LogP contribution in [0.15, 0.2) is 66.7 Å². The maximum absolute atomic E-state index is 12.2. The van der Waals surface area contributed by atoms with Crippen LogP contribution in [0.2, 0.25) is 0 Å². The normalized spacial score (nSPS) is 10.4. The molecule has 0 fully saturated rings. The molecule has 0 unspecified atom stereocenters. The number of amides is 2. The summed E-state index contributed by atoms with van der Waals surface area (Å²) in [5.41, 5.74) is 2.74. The van der Waals surface area contributed by atoms with E-state index in [-0.39, 0.29) is 18.4 Å². The summed E-state index contributed by atoms with van der Waals surface area (Å²) in [5.74, 6) is -0.464. The van der Waals surface area contributed by atoms with Crippen LogP contribution in [-0.2, 0) is 11.3 Å². The number of nitrogens with one attached hydrogen (secondary N) is 2. The minimum Gasteiger partial charge on any atom is -0.350 e. The number of hydrogen-bond acceptors (Lipinski definition) is 2. The predicted octanol–water partition coefficient (Wildman–Crippen LogP) is 3.19. The number of benzene rings is 3. The zero-order valence-electron chi connectivity index (χ0n) is 14.1. The molecular weight excluding hydrogens is 312 g/mol. The average Bonchev–Trinajstić information content (AvgIpc) is 2.65. The van der Waals surface area contributed by atoms with Crippen molar-refractivity contribution in [1.82, 2.24) is 10.6 Å². The quantitative estimate of drug-likeness (QED) is 0.754. The maximum Gasteiger partial charge on any atom is 0.251 e. The first-order valence-electron chi connectivity index (χ1n) is 8.22. The molecule has 0 aliphatic heterocycles. The van der Waals surface area contributed by atoms with Crippen molar-refractivity contribution < 1.29 is 9.59 Å². The van der Waals surface area contributed by atoms with Crippen LogP contribution in [0.25, 0.3) is 10.8 Å². The molecular formula is C21H20N2O2. The van der Waals surface area contributed by atoms with Gasteiger partial charge in [-0.15, -0.1) is 0 Å². The lowest BCUT2D eigenvalue weighted by molar-refractivity contribution is -0.120. The lowest BCUT2D eigenvalue weighted by Crippen LogP contribution is -2.36. The Labute approximate surface area is 146 Å². The summed E-state index contributed by atoms with van der Waals surface area (Å²) in [4.78, 5) is 24.2. The SMILES string of the molecule is Cc1ccccc1CNC(=O)CNC(=O)c1ccc2ccccc2c1. The molecule has 0 aliphatic carbocycles. The van der Waals surface area contributed by atoms with E-state index in [0.717, 1.165) is 21.9 Å². The molecule has 0 aliphatic rings. The van der Waals surface area contributed by atoms with Crippen LogP contribution in [0, 0.1) is 6.92 Å². The minimum absolute atomic E-state index is 0.0441. The van der Waals surface area contributed by atoms with Gasteiger partial charge in [0, 0.05) is 12.1 Å². The van der Waals surface area contributed by atoms with Crippen LogP contribution in [0.3, 0.4) is 0 Å². The third kappa shape index (κ3) is 4.23. The number of hydrogen-bond donors (Lipinski definition) is 2. The van der Waals surface area contributed by atoms with Gasteiger partial charge in [0.15, 0.2) is 0 Å². The molecule has 4 nitrogen and oxygen atoms in total. The summed E-state index contributed by atoms with van der Waals surface area (Å²) in [5, 5.41) is 7.56. The van der Waals surface area contributed by atoms with E-state index in [1.807, 2.05) is 67.6 Å². The maximum atomic E-state index is 12.2. The largest absolute Gasteiger partial charge is 0.350 e. The lowest BCUT2D eigenvalue weighted by atomic mass is 10.1. The molecule has 3 rings (SSSR count). The molecule has 0 bridgehead atoms. The Balaban J connectivity index is 1.54. The van der Waals surface area contributed by atoms with Gasteiger partial charge in [0.2, 0.25) is 5.91 Å². The molecule has 0 heterocycles. The number of carbonyl (C=O) groups is 2. The molecule has 0 aromatic heterocycles. The molecule has 0 atom stereocenters. The van der Waals surface area contributed by atoms with Gasteiger partial charge in [-0.05, 0) is 41.0 Å². The molecule has 2 amide bonds. The van der Waals surface area contributed by atoms with Crippen LogP contribution in [0.5, 0.6) is 0 Å². The third-order valence-electron chi connectivity index (χ3n) is 4.16. The molecule has 126 valence electrons. The van der Waals surface area contributed by atoms with E-state index in [9.17, 15) is 9.59 Å². The van der Waals surface area contributed by atoms with Crippen molar-refractivity contribution >= 4 is 22.6 Å². The van der Waals surface area contributed by atoms with Crippen molar-refractivity contribution in [2.24, 2.45) is 0 Å². The van der Waals surface area contributed by atoms with Crippen molar-refractivity contribution in [2.75, 3.05) is 6.54 Å². The highest BCUT2D eigenvalue weighted by Crippen LogP contribution is 2.15. The van der Waals surface area contributed by atoms with Crippen molar-refractivity contribution in [3.8, 4) is 0 Å². The molecule has 4 heteroatoms. The van der Waals surface area contributed by atoms with E-state index in [1.54, 1.807) is 6.07 Å². The highest BCUT2D eigenvalue weighted by Gasteiger charge is 2.09. The summed E-state index contributed by atoms with van der Waals surface area (Å²) in [6.45, 7) is 2.41. The summed E-state index contributed by atoms with van der Waals surface area (Å²) in [6, 6.07) is 21.2. The molecule has 3 aromatic rings.